The van der Waals surface area contributed by atoms with E-state index in [0.29, 0.717) is 18.7 Å². The summed E-state index contributed by atoms with van der Waals surface area (Å²) in [6.07, 6.45) is -1.02. The van der Waals surface area contributed by atoms with Crippen LogP contribution in [-0.2, 0) is 20.3 Å². The second-order valence-corrected chi connectivity index (χ2v) is 9.29. The molecule has 0 saturated heterocycles. The number of hydrogen-bond acceptors (Lipinski definition) is 5. The van der Waals surface area contributed by atoms with Crippen LogP contribution in [0.1, 0.15) is 31.1 Å². The van der Waals surface area contributed by atoms with Gasteiger partial charge in [0.2, 0.25) is 0 Å². The Balaban J connectivity index is 2.18. The molecule has 0 amide bonds. The van der Waals surface area contributed by atoms with Crippen LogP contribution in [-0.4, -0.2) is 34.3 Å². The Morgan fingerprint density at radius 1 is 1.16 bits per heavy atom. The molecular formula is C21H29N4O5P. The van der Waals surface area contributed by atoms with Crippen LogP contribution < -0.4 is 16.8 Å². The van der Waals surface area contributed by atoms with Gasteiger partial charge in [0.1, 0.15) is 5.78 Å². The number of aliphatic carboxylic acids is 1. The van der Waals surface area contributed by atoms with E-state index in [1.807, 2.05) is 30.3 Å². The van der Waals surface area contributed by atoms with E-state index in [9.17, 15) is 19.4 Å². The van der Waals surface area contributed by atoms with Crippen molar-refractivity contribution < 1.29 is 23.9 Å². The summed E-state index contributed by atoms with van der Waals surface area (Å²) in [5.41, 5.74) is 12.3. The third kappa shape index (κ3) is 7.48. The minimum absolute atomic E-state index is 0.149. The summed E-state index contributed by atoms with van der Waals surface area (Å²) in [7, 11) is -4.38. The topological polar surface area (TPSA) is 160 Å². The van der Waals surface area contributed by atoms with Gasteiger partial charge in [0, 0.05) is 6.54 Å². The minimum Gasteiger partial charge on any atom is -0.479 e. The average Bonchev–Trinajstić information content (AvgIpc) is 2.69. The van der Waals surface area contributed by atoms with Gasteiger partial charge >= 0.3 is 13.6 Å². The van der Waals surface area contributed by atoms with Crippen molar-refractivity contribution in [3.05, 3.63) is 65.7 Å². The van der Waals surface area contributed by atoms with Crippen LogP contribution in [0.3, 0.4) is 0 Å². The standard InChI is InChI=1S/C21H29N4O5P/c1-14(2)19(24-12-11-15-7-4-3-5-8-15)31(28,29)30-18(20(26)27)16-9-6-10-17(13-16)25-21(22)23/h3-10,13-14,18-19,24H,11-12H2,1-2H3,(H,26,27)(H,28,29)(H4,22,23,25). The molecule has 0 aliphatic carbocycles. The van der Waals surface area contributed by atoms with Gasteiger partial charge in [-0.3, -0.25) is 9.09 Å². The van der Waals surface area contributed by atoms with E-state index >= 15 is 0 Å². The highest BCUT2D eigenvalue weighted by Crippen LogP contribution is 2.52. The van der Waals surface area contributed by atoms with Gasteiger partial charge in [-0.25, -0.2) is 9.79 Å². The second kappa shape index (κ2) is 11.1. The molecule has 10 heteroatoms. The molecule has 0 fully saturated rings. The predicted octanol–water partition coefficient (Wildman–Crippen LogP) is 2.73. The van der Waals surface area contributed by atoms with Crippen molar-refractivity contribution in [3.8, 4) is 0 Å². The fourth-order valence-corrected chi connectivity index (χ4v) is 4.87. The maximum absolute atomic E-state index is 13.1. The van der Waals surface area contributed by atoms with Gasteiger partial charge in [-0.1, -0.05) is 56.3 Å². The van der Waals surface area contributed by atoms with Gasteiger partial charge < -0.3 is 26.8 Å². The summed E-state index contributed by atoms with van der Waals surface area (Å²) in [5, 5.41) is 12.7. The Kier molecular flexibility index (Phi) is 8.76. The number of nitrogens with one attached hydrogen (secondary N) is 1. The lowest BCUT2D eigenvalue weighted by atomic mass is 10.1. The maximum atomic E-state index is 13.1. The molecule has 0 heterocycles. The highest BCUT2D eigenvalue weighted by Gasteiger charge is 2.39. The Morgan fingerprint density at radius 2 is 1.84 bits per heavy atom. The summed E-state index contributed by atoms with van der Waals surface area (Å²) >= 11 is 0. The molecule has 0 aliphatic rings. The number of hydrogen-bond donors (Lipinski definition) is 5. The van der Waals surface area contributed by atoms with E-state index in [-0.39, 0.29) is 17.4 Å². The lowest BCUT2D eigenvalue weighted by Gasteiger charge is -2.29. The van der Waals surface area contributed by atoms with Gasteiger partial charge in [0.05, 0.1) is 5.69 Å². The van der Waals surface area contributed by atoms with E-state index in [0.717, 1.165) is 5.56 Å². The minimum atomic E-state index is -4.38. The zero-order valence-electron chi connectivity index (χ0n) is 17.5. The number of aliphatic imine (C=N–C) groups is 1. The third-order valence-electron chi connectivity index (χ3n) is 4.50. The third-order valence-corrected chi connectivity index (χ3v) is 6.50. The van der Waals surface area contributed by atoms with Gasteiger partial charge in [-0.2, -0.15) is 0 Å². The molecule has 2 aromatic carbocycles. The van der Waals surface area contributed by atoms with Crippen molar-refractivity contribution in [2.24, 2.45) is 22.4 Å². The molecular weight excluding hydrogens is 419 g/mol. The molecule has 3 unspecified atom stereocenters. The summed E-state index contributed by atoms with van der Waals surface area (Å²) in [6.45, 7) is 3.96. The summed E-state index contributed by atoms with van der Waals surface area (Å²) in [6, 6.07) is 15.7. The Morgan fingerprint density at radius 3 is 2.42 bits per heavy atom. The van der Waals surface area contributed by atoms with Crippen molar-refractivity contribution >= 4 is 25.2 Å². The van der Waals surface area contributed by atoms with E-state index in [1.165, 1.54) is 18.2 Å². The average molecular weight is 448 g/mol. The SMILES string of the molecule is CC(C)C(NCCc1ccccc1)P(=O)(O)OC(C(=O)O)c1cccc(N=C(N)N)c1. The molecule has 0 aliphatic heterocycles. The van der Waals surface area contributed by atoms with Crippen LogP contribution in [0.2, 0.25) is 0 Å². The Hall–Kier alpha value is -2.71. The van der Waals surface area contributed by atoms with Gasteiger partial charge in [0.15, 0.2) is 12.1 Å². The van der Waals surface area contributed by atoms with Crippen LogP contribution in [0.4, 0.5) is 5.69 Å². The van der Waals surface area contributed by atoms with Gasteiger partial charge in [-0.15, -0.1) is 0 Å². The van der Waals surface area contributed by atoms with Crippen molar-refractivity contribution in [1.29, 1.82) is 0 Å². The number of rotatable bonds is 11. The number of guanidine groups is 1. The zero-order valence-corrected chi connectivity index (χ0v) is 18.4. The maximum Gasteiger partial charge on any atom is 0.346 e. The van der Waals surface area contributed by atoms with Crippen molar-refractivity contribution in [2.75, 3.05) is 6.54 Å². The molecule has 31 heavy (non-hydrogen) atoms. The number of carboxylic acids is 1. The molecule has 2 aromatic rings. The monoisotopic (exact) mass is 448 g/mol. The van der Waals surface area contributed by atoms with Crippen LogP contribution in [0.25, 0.3) is 0 Å². The number of nitrogens with two attached hydrogens (primary N) is 2. The Labute approximate surface area is 181 Å². The Bertz CT molecular complexity index is 948. The molecule has 0 radical (unpaired) electrons. The summed E-state index contributed by atoms with van der Waals surface area (Å²) in [5.74, 6) is -2.82. The highest BCUT2D eigenvalue weighted by atomic mass is 31.2. The molecule has 168 valence electrons. The van der Waals surface area contributed by atoms with Crippen molar-refractivity contribution in [1.82, 2.24) is 5.32 Å². The first-order chi connectivity index (χ1) is 14.6. The quantitative estimate of drug-likeness (QED) is 0.199. The lowest BCUT2D eigenvalue weighted by Crippen LogP contribution is -2.36. The van der Waals surface area contributed by atoms with E-state index in [4.69, 9.17) is 16.0 Å². The van der Waals surface area contributed by atoms with E-state index in [1.54, 1.807) is 19.9 Å². The molecule has 0 saturated carbocycles. The molecule has 3 atom stereocenters. The molecule has 0 spiro atoms. The first-order valence-corrected chi connectivity index (χ1v) is 11.5. The molecule has 0 aromatic heterocycles. The van der Waals surface area contributed by atoms with E-state index < -0.39 is 25.5 Å². The predicted molar refractivity (Wildman–Crippen MR) is 120 cm³/mol. The first-order valence-electron chi connectivity index (χ1n) is 9.80. The molecule has 7 N–H and O–H groups in total. The smallest absolute Gasteiger partial charge is 0.346 e. The van der Waals surface area contributed by atoms with Gasteiger partial charge in [-0.05, 0) is 35.6 Å². The fourth-order valence-electron chi connectivity index (χ4n) is 3.11. The summed E-state index contributed by atoms with van der Waals surface area (Å²) < 4.78 is 18.4. The number of benzene rings is 2. The van der Waals surface area contributed by atoms with Crippen molar-refractivity contribution in [3.63, 3.8) is 0 Å². The molecule has 9 nitrogen and oxygen atoms in total. The lowest BCUT2D eigenvalue weighted by molar-refractivity contribution is -0.145. The van der Waals surface area contributed by atoms with Crippen LogP contribution in [0.5, 0.6) is 0 Å². The van der Waals surface area contributed by atoms with Gasteiger partial charge in [0.25, 0.3) is 0 Å². The normalized spacial score (nSPS) is 15.1. The zero-order chi connectivity index (χ0) is 23.0. The highest BCUT2D eigenvalue weighted by molar-refractivity contribution is 7.53. The van der Waals surface area contributed by atoms with E-state index in [2.05, 4.69) is 10.3 Å². The summed E-state index contributed by atoms with van der Waals surface area (Å²) in [4.78, 5) is 26.4. The van der Waals surface area contributed by atoms with Crippen LogP contribution in [0, 0.1) is 5.92 Å². The fraction of sp³-hybridized carbons (Fsp3) is 0.333. The number of carboxylic acid groups (broad SMARTS) is 1. The number of nitrogens with zero attached hydrogens (tertiary/aromatic N) is 1. The second-order valence-electron chi connectivity index (χ2n) is 7.40. The van der Waals surface area contributed by atoms with Crippen LogP contribution >= 0.6 is 7.60 Å². The first kappa shape index (κ1) is 24.6. The largest absolute Gasteiger partial charge is 0.479 e. The van der Waals surface area contributed by atoms with Crippen LogP contribution in [0.15, 0.2) is 59.6 Å². The molecule has 2 rings (SSSR count). The molecule has 0 bridgehead atoms. The number of carbonyl (C=O) groups is 1. The van der Waals surface area contributed by atoms with Crippen molar-refractivity contribution in [2.45, 2.75) is 32.2 Å².